The smallest absolute Gasteiger partial charge is 0.137 e. The molecule has 1 heterocycles. The summed E-state index contributed by atoms with van der Waals surface area (Å²) in [6.07, 6.45) is 0.924. The zero-order valence-corrected chi connectivity index (χ0v) is 12.6. The molecule has 0 aliphatic rings. The Morgan fingerprint density at radius 2 is 2.21 bits per heavy atom. The highest BCUT2D eigenvalue weighted by Gasteiger charge is 2.03. The molecule has 0 saturated carbocycles. The average Bonchev–Trinajstić information content (AvgIpc) is 2.92. The van der Waals surface area contributed by atoms with E-state index in [9.17, 15) is 0 Å². The predicted molar refractivity (Wildman–Crippen MR) is 82.4 cm³/mol. The van der Waals surface area contributed by atoms with Crippen molar-refractivity contribution in [3.05, 3.63) is 51.2 Å². The average molecular weight is 296 g/mol. The van der Waals surface area contributed by atoms with Crippen LogP contribution in [0.15, 0.2) is 35.7 Å². The Morgan fingerprint density at radius 3 is 2.89 bits per heavy atom. The highest BCUT2D eigenvalue weighted by Crippen LogP contribution is 2.25. The molecule has 0 saturated heterocycles. The van der Waals surface area contributed by atoms with Gasteiger partial charge in [-0.3, -0.25) is 0 Å². The largest absolute Gasteiger partial charge is 0.492 e. The number of hydrogen-bond donors (Lipinski definition) is 1. The van der Waals surface area contributed by atoms with E-state index in [-0.39, 0.29) is 0 Å². The van der Waals surface area contributed by atoms with Crippen molar-refractivity contribution in [2.45, 2.75) is 19.9 Å². The van der Waals surface area contributed by atoms with Crippen molar-refractivity contribution in [3.8, 4) is 5.75 Å². The highest BCUT2D eigenvalue weighted by atomic mass is 35.5. The molecular weight excluding hydrogens is 278 g/mol. The van der Waals surface area contributed by atoms with Gasteiger partial charge in [-0.2, -0.15) is 0 Å². The van der Waals surface area contributed by atoms with Crippen LogP contribution in [-0.4, -0.2) is 13.2 Å². The SMILES string of the molecule is CCNCc1ccc(OCCc2cccs2)c(Cl)c1. The molecule has 2 aromatic rings. The molecule has 4 heteroatoms. The third-order valence-electron chi connectivity index (χ3n) is 2.76. The first-order valence-corrected chi connectivity index (χ1v) is 7.69. The number of rotatable bonds is 7. The molecule has 1 N–H and O–H groups in total. The zero-order chi connectivity index (χ0) is 13.5. The van der Waals surface area contributed by atoms with Gasteiger partial charge in [-0.05, 0) is 35.7 Å². The van der Waals surface area contributed by atoms with Crippen LogP contribution in [0.2, 0.25) is 5.02 Å². The van der Waals surface area contributed by atoms with Crippen molar-refractivity contribution < 1.29 is 4.74 Å². The molecule has 0 aliphatic carbocycles. The van der Waals surface area contributed by atoms with Crippen molar-refractivity contribution in [3.63, 3.8) is 0 Å². The molecule has 0 radical (unpaired) electrons. The van der Waals surface area contributed by atoms with Crippen LogP contribution in [0, 0.1) is 0 Å². The molecule has 0 unspecified atom stereocenters. The van der Waals surface area contributed by atoms with Crippen molar-refractivity contribution in [1.82, 2.24) is 5.32 Å². The van der Waals surface area contributed by atoms with Gasteiger partial charge in [0.05, 0.1) is 11.6 Å². The van der Waals surface area contributed by atoms with E-state index in [0.29, 0.717) is 11.6 Å². The fraction of sp³-hybridized carbons (Fsp3) is 0.333. The quantitative estimate of drug-likeness (QED) is 0.829. The number of hydrogen-bond acceptors (Lipinski definition) is 3. The van der Waals surface area contributed by atoms with Gasteiger partial charge in [-0.25, -0.2) is 0 Å². The number of thiophene rings is 1. The summed E-state index contributed by atoms with van der Waals surface area (Å²) in [5.41, 5.74) is 1.18. The summed E-state index contributed by atoms with van der Waals surface area (Å²) >= 11 is 7.97. The van der Waals surface area contributed by atoms with Crippen LogP contribution in [0.1, 0.15) is 17.4 Å². The van der Waals surface area contributed by atoms with Gasteiger partial charge < -0.3 is 10.1 Å². The maximum atomic E-state index is 6.22. The number of halogens is 1. The minimum absolute atomic E-state index is 0.660. The molecule has 2 nitrogen and oxygen atoms in total. The van der Waals surface area contributed by atoms with Crippen LogP contribution in [0.5, 0.6) is 5.75 Å². The Balaban J connectivity index is 1.86. The third-order valence-corrected chi connectivity index (χ3v) is 3.99. The topological polar surface area (TPSA) is 21.3 Å². The molecule has 1 aromatic carbocycles. The Kier molecular flexibility index (Phi) is 5.70. The van der Waals surface area contributed by atoms with Gasteiger partial charge in [-0.15, -0.1) is 11.3 Å². The van der Waals surface area contributed by atoms with Gasteiger partial charge in [0.25, 0.3) is 0 Å². The monoisotopic (exact) mass is 295 g/mol. The lowest BCUT2D eigenvalue weighted by Gasteiger charge is -2.09. The summed E-state index contributed by atoms with van der Waals surface area (Å²) in [6.45, 7) is 4.54. The normalized spacial score (nSPS) is 10.6. The molecule has 2 rings (SSSR count). The minimum Gasteiger partial charge on any atom is -0.492 e. The summed E-state index contributed by atoms with van der Waals surface area (Å²) < 4.78 is 5.72. The standard InChI is InChI=1S/C15H18ClNOS/c1-2-17-11-12-5-6-15(14(16)10-12)18-8-7-13-4-3-9-19-13/h3-6,9-10,17H,2,7-8,11H2,1H3. The third kappa shape index (κ3) is 4.53. The van der Waals surface area contributed by atoms with E-state index in [2.05, 4.69) is 35.8 Å². The number of benzene rings is 1. The Hall–Kier alpha value is -1.03. The second kappa shape index (κ2) is 7.53. The van der Waals surface area contributed by atoms with Gasteiger partial charge in [-0.1, -0.05) is 30.7 Å². The summed E-state index contributed by atoms with van der Waals surface area (Å²) in [7, 11) is 0. The Labute approximate surface area is 123 Å². The summed E-state index contributed by atoms with van der Waals surface area (Å²) in [5.74, 6) is 0.762. The van der Waals surface area contributed by atoms with E-state index < -0.39 is 0 Å². The first kappa shape index (κ1) is 14.4. The first-order valence-electron chi connectivity index (χ1n) is 6.44. The lowest BCUT2D eigenvalue weighted by atomic mass is 10.2. The predicted octanol–water partition coefficient (Wildman–Crippen LogP) is 4.13. The van der Waals surface area contributed by atoms with Crippen LogP contribution in [-0.2, 0) is 13.0 Å². The van der Waals surface area contributed by atoms with Gasteiger partial charge >= 0.3 is 0 Å². The lowest BCUT2D eigenvalue weighted by molar-refractivity contribution is 0.323. The van der Waals surface area contributed by atoms with Crippen LogP contribution < -0.4 is 10.1 Å². The lowest BCUT2D eigenvalue weighted by Crippen LogP contribution is -2.11. The highest BCUT2D eigenvalue weighted by molar-refractivity contribution is 7.09. The molecule has 0 spiro atoms. The molecule has 0 amide bonds. The summed E-state index contributed by atoms with van der Waals surface area (Å²) in [5, 5.41) is 6.04. The Bertz CT molecular complexity index is 499. The van der Waals surface area contributed by atoms with E-state index in [4.69, 9.17) is 16.3 Å². The minimum atomic E-state index is 0.660. The molecule has 102 valence electrons. The molecule has 0 aliphatic heterocycles. The van der Waals surface area contributed by atoms with Gasteiger partial charge in [0, 0.05) is 17.8 Å². The molecule has 0 fully saturated rings. The molecule has 19 heavy (non-hydrogen) atoms. The second-order valence-electron chi connectivity index (χ2n) is 4.22. The maximum absolute atomic E-state index is 6.22. The van der Waals surface area contributed by atoms with E-state index in [1.165, 1.54) is 10.4 Å². The first-order chi connectivity index (χ1) is 9.29. The van der Waals surface area contributed by atoms with E-state index in [1.807, 2.05) is 12.1 Å². The van der Waals surface area contributed by atoms with Crippen molar-refractivity contribution in [2.24, 2.45) is 0 Å². The molecule has 0 bridgehead atoms. The van der Waals surface area contributed by atoms with E-state index in [1.54, 1.807) is 11.3 Å². The zero-order valence-electron chi connectivity index (χ0n) is 11.0. The number of ether oxygens (including phenoxy) is 1. The number of nitrogens with one attached hydrogen (secondary N) is 1. The summed E-state index contributed by atoms with van der Waals surface area (Å²) in [6, 6.07) is 10.1. The molecule has 0 atom stereocenters. The molecule has 1 aromatic heterocycles. The van der Waals surface area contributed by atoms with E-state index >= 15 is 0 Å². The maximum Gasteiger partial charge on any atom is 0.137 e. The van der Waals surface area contributed by atoms with Crippen LogP contribution in [0.25, 0.3) is 0 Å². The summed E-state index contributed by atoms with van der Waals surface area (Å²) in [4.78, 5) is 1.33. The van der Waals surface area contributed by atoms with Crippen molar-refractivity contribution in [1.29, 1.82) is 0 Å². The van der Waals surface area contributed by atoms with Crippen molar-refractivity contribution in [2.75, 3.05) is 13.2 Å². The van der Waals surface area contributed by atoms with Crippen molar-refractivity contribution >= 4 is 22.9 Å². The van der Waals surface area contributed by atoms with Gasteiger partial charge in [0.1, 0.15) is 5.75 Å². The fourth-order valence-corrected chi connectivity index (χ4v) is 2.71. The molecular formula is C15H18ClNOS. The van der Waals surface area contributed by atoms with Crippen LogP contribution >= 0.6 is 22.9 Å². The fourth-order valence-electron chi connectivity index (χ4n) is 1.76. The second-order valence-corrected chi connectivity index (χ2v) is 5.66. The van der Waals surface area contributed by atoms with E-state index in [0.717, 1.165) is 25.3 Å². The van der Waals surface area contributed by atoms with Crippen LogP contribution in [0.4, 0.5) is 0 Å². The van der Waals surface area contributed by atoms with Crippen LogP contribution in [0.3, 0.4) is 0 Å². The van der Waals surface area contributed by atoms with Gasteiger partial charge in [0.2, 0.25) is 0 Å². The Morgan fingerprint density at radius 1 is 1.32 bits per heavy atom. The van der Waals surface area contributed by atoms with Gasteiger partial charge in [0.15, 0.2) is 0 Å².